The third-order valence-electron chi connectivity index (χ3n) is 4.39. The second-order valence-corrected chi connectivity index (χ2v) is 6.35. The molecular formula is C22H21N5O5. The van der Waals surface area contributed by atoms with Gasteiger partial charge in [-0.25, -0.2) is 14.8 Å². The highest BCUT2D eigenvalue weighted by molar-refractivity contribution is 6.03. The Kier molecular flexibility index (Phi) is 7.44. The van der Waals surface area contributed by atoms with Crippen LogP contribution in [-0.2, 0) is 13.2 Å². The minimum absolute atomic E-state index is 0.0691. The number of fused-ring (bicyclic) bond motifs is 1. The molecule has 4 aromatic rings. The minimum Gasteiger partial charge on any atom is -0.477 e. The number of aromatic nitrogens is 4. The molecule has 0 spiro atoms. The van der Waals surface area contributed by atoms with Crippen molar-refractivity contribution in [2.24, 2.45) is 0 Å². The van der Waals surface area contributed by atoms with Crippen LogP contribution in [0.15, 0.2) is 72.0 Å². The molecule has 3 N–H and O–H groups in total. The number of carboxylic acids is 1. The van der Waals surface area contributed by atoms with Gasteiger partial charge in [0.1, 0.15) is 12.9 Å². The van der Waals surface area contributed by atoms with Crippen molar-refractivity contribution in [3.8, 4) is 0 Å². The lowest BCUT2D eigenvalue weighted by Crippen LogP contribution is -2.33. The number of aliphatic hydroxyl groups is 1. The number of nitrogens with one attached hydrogen (secondary N) is 1. The SMILES string of the molecule is CO.O=C(O)c1c(NCc2ccccn2)c2cncnc2n(OCc2ccccc2)c1=O. The summed E-state index contributed by atoms with van der Waals surface area (Å²) >= 11 is 0. The van der Waals surface area contributed by atoms with Crippen molar-refractivity contribution >= 4 is 22.7 Å². The highest BCUT2D eigenvalue weighted by Gasteiger charge is 2.24. The Morgan fingerprint density at radius 1 is 1.09 bits per heavy atom. The molecule has 0 bridgehead atoms. The third kappa shape index (κ3) is 4.87. The lowest BCUT2D eigenvalue weighted by atomic mass is 10.1. The topological polar surface area (TPSA) is 139 Å². The number of rotatable bonds is 7. The van der Waals surface area contributed by atoms with E-state index in [4.69, 9.17) is 9.94 Å². The standard InChI is InChI=1S/C21H17N5O4.CH4O/c27-20-17(21(28)29)18(24-10-15-8-4-5-9-23-15)16-11-22-13-25-19(16)26(20)30-12-14-6-2-1-3-7-14;1-2/h1-9,11,13,24H,10,12H2,(H,28,29);2H,1H3. The van der Waals surface area contributed by atoms with Gasteiger partial charge in [0.05, 0.1) is 23.3 Å². The summed E-state index contributed by atoms with van der Waals surface area (Å²) in [4.78, 5) is 43.0. The van der Waals surface area contributed by atoms with Gasteiger partial charge in [-0.1, -0.05) is 36.4 Å². The van der Waals surface area contributed by atoms with Crippen LogP contribution < -0.4 is 15.7 Å². The molecule has 4 rings (SSSR count). The van der Waals surface area contributed by atoms with E-state index in [9.17, 15) is 14.7 Å². The largest absolute Gasteiger partial charge is 0.477 e. The molecule has 10 heteroatoms. The fourth-order valence-corrected chi connectivity index (χ4v) is 3.00. The van der Waals surface area contributed by atoms with Gasteiger partial charge in [-0.15, -0.1) is 4.73 Å². The summed E-state index contributed by atoms with van der Waals surface area (Å²) in [5, 5.41) is 20.1. The maximum atomic E-state index is 13.0. The Labute approximate surface area is 182 Å². The van der Waals surface area contributed by atoms with E-state index in [0.717, 1.165) is 17.4 Å². The van der Waals surface area contributed by atoms with E-state index in [1.54, 1.807) is 18.3 Å². The van der Waals surface area contributed by atoms with Crippen molar-refractivity contribution in [2.75, 3.05) is 12.4 Å². The number of benzene rings is 1. The first-order valence-electron chi connectivity index (χ1n) is 9.53. The van der Waals surface area contributed by atoms with Crippen molar-refractivity contribution in [3.05, 3.63) is 94.4 Å². The van der Waals surface area contributed by atoms with Gasteiger partial charge >= 0.3 is 11.5 Å². The molecule has 3 aromatic heterocycles. The van der Waals surface area contributed by atoms with Gasteiger partial charge in [0.25, 0.3) is 0 Å². The van der Waals surface area contributed by atoms with Crippen LogP contribution in [0.4, 0.5) is 5.69 Å². The molecule has 0 amide bonds. The van der Waals surface area contributed by atoms with E-state index in [1.807, 2.05) is 36.4 Å². The summed E-state index contributed by atoms with van der Waals surface area (Å²) in [5.41, 5.74) is 0.506. The number of pyridine rings is 2. The average Bonchev–Trinajstić information content (AvgIpc) is 2.84. The predicted molar refractivity (Wildman–Crippen MR) is 117 cm³/mol. The molecule has 0 aliphatic heterocycles. The van der Waals surface area contributed by atoms with Crippen LogP contribution in [-0.4, -0.2) is 43.0 Å². The maximum absolute atomic E-state index is 13.0. The van der Waals surface area contributed by atoms with Gasteiger partial charge < -0.3 is 20.4 Å². The minimum atomic E-state index is -1.38. The van der Waals surface area contributed by atoms with Gasteiger partial charge in [-0.2, -0.15) is 0 Å². The van der Waals surface area contributed by atoms with E-state index in [0.29, 0.717) is 11.1 Å². The summed E-state index contributed by atoms with van der Waals surface area (Å²) in [6, 6.07) is 14.6. The summed E-state index contributed by atoms with van der Waals surface area (Å²) in [6.45, 7) is 0.291. The third-order valence-corrected chi connectivity index (χ3v) is 4.39. The zero-order valence-electron chi connectivity index (χ0n) is 17.2. The molecule has 10 nitrogen and oxygen atoms in total. The quantitative estimate of drug-likeness (QED) is 0.396. The lowest BCUT2D eigenvalue weighted by molar-refractivity contribution is 0.0678. The van der Waals surface area contributed by atoms with Crippen molar-refractivity contribution in [1.82, 2.24) is 19.7 Å². The second-order valence-electron chi connectivity index (χ2n) is 6.35. The number of carbonyl (C=O) groups is 1. The molecule has 0 aliphatic carbocycles. The van der Waals surface area contributed by atoms with Gasteiger partial charge in [0.2, 0.25) is 0 Å². The Bertz CT molecular complexity index is 1250. The van der Waals surface area contributed by atoms with Crippen molar-refractivity contribution in [3.63, 3.8) is 0 Å². The molecule has 0 saturated carbocycles. The highest BCUT2D eigenvalue weighted by Crippen LogP contribution is 2.24. The maximum Gasteiger partial charge on any atom is 0.343 e. The molecule has 1 aromatic carbocycles. The van der Waals surface area contributed by atoms with Crippen molar-refractivity contribution in [1.29, 1.82) is 0 Å². The van der Waals surface area contributed by atoms with E-state index in [2.05, 4.69) is 20.3 Å². The van der Waals surface area contributed by atoms with Crippen LogP contribution in [0.3, 0.4) is 0 Å². The molecule has 0 atom stereocenters. The van der Waals surface area contributed by atoms with Crippen LogP contribution in [0.1, 0.15) is 21.6 Å². The van der Waals surface area contributed by atoms with Crippen LogP contribution in [0.2, 0.25) is 0 Å². The van der Waals surface area contributed by atoms with Gasteiger partial charge in [-0.3, -0.25) is 9.78 Å². The van der Waals surface area contributed by atoms with Crippen molar-refractivity contribution < 1.29 is 19.8 Å². The first-order chi connectivity index (χ1) is 15.6. The normalized spacial score (nSPS) is 10.2. The molecule has 32 heavy (non-hydrogen) atoms. The zero-order chi connectivity index (χ0) is 22.9. The number of aromatic carboxylic acids is 1. The average molecular weight is 435 g/mol. The monoisotopic (exact) mass is 435 g/mol. The Morgan fingerprint density at radius 3 is 2.53 bits per heavy atom. The first kappa shape index (κ1) is 22.4. The summed E-state index contributed by atoms with van der Waals surface area (Å²) in [6.07, 6.45) is 4.34. The summed E-state index contributed by atoms with van der Waals surface area (Å²) in [7, 11) is 1.00. The molecule has 0 aliphatic rings. The molecule has 0 saturated heterocycles. The second kappa shape index (κ2) is 10.6. The number of nitrogens with zero attached hydrogens (tertiary/aromatic N) is 4. The fraction of sp³-hybridized carbons (Fsp3) is 0.136. The Hall–Kier alpha value is -4.31. The number of anilines is 1. The molecule has 0 fully saturated rings. The predicted octanol–water partition coefficient (Wildman–Crippen LogP) is 1.73. The molecule has 164 valence electrons. The van der Waals surface area contributed by atoms with Crippen LogP contribution in [0, 0.1) is 0 Å². The van der Waals surface area contributed by atoms with Gasteiger partial charge in [0.15, 0.2) is 11.2 Å². The Morgan fingerprint density at radius 2 is 1.84 bits per heavy atom. The molecule has 0 radical (unpaired) electrons. The van der Waals surface area contributed by atoms with Crippen LogP contribution in [0.25, 0.3) is 11.0 Å². The summed E-state index contributed by atoms with van der Waals surface area (Å²) < 4.78 is 0.902. The number of carboxylic acid groups (broad SMARTS) is 1. The Balaban J connectivity index is 0.00000141. The smallest absolute Gasteiger partial charge is 0.343 e. The van der Waals surface area contributed by atoms with Gasteiger partial charge in [0, 0.05) is 19.5 Å². The molecular weight excluding hydrogens is 414 g/mol. The zero-order valence-corrected chi connectivity index (χ0v) is 17.2. The number of hydrogen-bond donors (Lipinski definition) is 3. The van der Waals surface area contributed by atoms with E-state index in [-0.39, 0.29) is 24.5 Å². The lowest BCUT2D eigenvalue weighted by Gasteiger charge is -2.16. The van der Waals surface area contributed by atoms with E-state index >= 15 is 0 Å². The highest BCUT2D eigenvalue weighted by atomic mass is 16.7. The molecule has 3 heterocycles. The summed E-state index contributed by atoms with van der Waals surface area (Å²) in [5.74, 6) is -1.38. The van der Waals surface area contributed by atoms with Crippen molar-refractivity contribution in [2.45, 2.75) is 13.2 Å². The first-order valence-corrected chi connectivity index (χ1v) is 9.53. The van der Waals surface area contributed by atoms with E-state index in [1.165, 1.54) is 12.5 Å². The number of hydrogen-bond acceptors (Lipinski definition) is 8. The van der Waals surface area contributed by atoms with E-state index < -0.39 is 17.1 Å². The molecule has 0 unspecified atom stereocenters. The van der Waals surface area contributed by atoms with Crippen LogP contribution >= 0.6 is 0 Å². The van der Waals surface area contributed by atoms with Gasteiger partial charge in [-0.05, 0) is 17.7 Å². The van der Waals surface area contributed by atoms with Crippen LogP contribution in [0.5, 0.6) is 0 Å². The fourth-order valence-electron chi connectivity index (χ4n) is 3.00. The number of aliphatic hydroxyl groups excluding tert-OH is 1.